The molecule has 1 amide bonds. The number of benzene rings is 1. The molecule has 1 aromatic rings. The minimum Gasteiger partial charge on any atom is -0.423 e. The number of carbonyl (C=O) groups is 1. The minimum absolute atomic E-state index is 0.0203. The van der Waals surface area contributed by atoms with Crippen LogP contribution in [0.3, 0.4) is 0 Å². The average molecular weight is 325 g/mol. The van der Waals surface area contributed by atoms with Crippen molar-refractivity contribution in [2.75, 3.05) is 11.1 Å². The van der Waals surface area contributed by atoms with Gasteiger partial charge in [0, 0.05) is 23.1 Å². The van der Waals surface area contributed by atoms with Crippen molar-refractivity contribution in [2.45, 2.75) is 37.4 Å². The number of nitrogens with one attached hydrogen (secondary N) is 1. The van der Waals surface area contributed by atoms with Gasteiger partial charge in [0.15, 0.2) is 0 Å². The van der Waals surface area contributed by atoms with E-state index in [2.05, 4.69) is 5.32 Å². The Kier molecular flexibility index (Phi) is 6.96. The summed E-state index contributed by atoms with van der Waals surface area (Å²) in [6, 6.07) is 6.63. The van der Waals surface area contributed by atoms with Crippen molar-refractivity contribution in [3.05, 3.63) is 24.3 Å². The fourth-order valence-electron chi connectivity index (χ4n) is 2.22. The van der Waals surface area contributed by atoms with Crippen LogP contribution in [0.25, 0.3) is 0 Å². The van der Waals surface area contributed by atoms with Gasteiger partial charge in [-0.25, -0.2) is 0 Å². The van der Waals surface area contributed by atoms with Crippen LogP contribution in [0, 0.1) is 0 Å². The van der Waals surface area contributed by atoms with Crippen molar-refractivity contribution in [2.24, 2.45) is 0 Å². The van der Waals surface area contributed by atoms with Gasteiger partial charge in [0.2, 0.25) is 5.91 Å². The highest BCUT2D eigenvalue weighted by Crippen LogP contribution is 2.39. The minimum atomic E-state index is -1.51. The number of amides is 1. The molecule has 114 valence electrons. The maximum absolute atomic E-state index is 11.8. The summed E-state index contributed by atoms with van der Waals surface area (Å²) in [7, 11) is 2.41. The van der Waals surface area contributed by atoms with E-state index in [-0.39, 0.29) is 5.91 Å². The summed E-state index contributed by atoms with van der Waals surface area (Å²) in [5, 5.41) is 21.8. The fraction of sp³-hybridized carbons (Fsp3) is 0.500. The van der Waals surface area contributed by atoms with Crippen LogP contribution in [0.4, 0.5) is 5.69 Å². The molecule has 4 nitrogen and oxygen atoms in total. The van der Waals surface area contributed by atoms with E-state index in [1.165, 1.54) is 18.6 Å². The van der Waals surface area contributed by atoms with Crippen molar-refractivity contribution >= 4 is 45.8 Å². The van der Waals surface area contributed by atoms with Crippen molar-refractivity contribution < 1.29 is 14.8 Å². The third-order valence-electron chi connectivity index (χ3n) is 3.38. The van der Waals surface area contributed by atoms with Crippen molar-refractivity contribution in [3.8, 4) is 0 Å². The summed E-state index contributed by atoms with van der Waals surface area (Å²) in [5.41, 5.74) is 0.983. The predicted octanol–water partition coefficient (Wildman–Crippen LogP) is 2.02. The molecule has 0 spiro atoms. The molecule has 3 N–H and O–H groups in total. The number of carbonyl (C=O) groups excluding carboxylic acids is 1. The van der Waals surface area contributed by atoms with Crippen molar-refractivity contribution in [1.29, 1.82) is 0 Å². The molecule has 0 radical (unpaired) electrons. The van der Waals surface area contributed by atoms with Gasteiger partial charge in [0.25, 0.3) is 0 Å². The SMILES string of the molecule is O=C(CCCCC1CCSS1)Nc1cccc(B(O)O)c1. The molecule has 21 heavy (non-hydrogen) atoms. The van der Waals surface area contributed by atoms with Gasteiger partial charge in [-0.05, 0) is 36.9 Å². The third-order valence-corrected chi connectivity index (χ3v) is 6.38. The van der Waals surface area contributed by atoms with Crippen LogP contribution in [-0.2, 0) is 4.79 Å². The molecule has 1 fully saturated rings. The zero-order valence-corrected chi connectivity index (χ0v) is 13.5. The van der Waals surface area contributed by atoms with Crippen LogP contribution in [-0.4, -0.2) is 34.1 Å². The van der Waals surface area contributed by atoms with E-state index < -0.39 is 7.12 Å². The first-order chi connectivity index (χ1) is 10.1. The van der Waals surface area contributed by atoms with Crippen LogP contribution in [0.1, 0.15) is 32.1 Å². The second-order valence-electron chi connectivity index (χ2n) is 5.12. The standard InChI is InChI=1S/C14H20BNO3S2/c17-14(7-2-1-6-13-8-9-20-21-13)16-12-5-3-4-11(10-12)15(18)19/h3-5,10,13,18-19H,1-2,6-9H2,(H,16,17). The average Bonchev–Trinajstić information content (AvgIpc) is 2.97. The molecule has 1 aliphatic rings. The second kappa shape index (κ2) is 8.73. The third kappa shape index (κ3) is 5.94. The van der Waals surface area contributed by atoms with Crippen molar-refractivity contribution in [1.82, 2.24) is 0 Å². The van der Waals surface area contributed by atoms with Crippen LogP contribution in [0.5, 0.6) is 0 Å². The Balaban J connectivity index is 1.67. The molecule has 1 atom stereocenters. The number of rotatable bonds is 7. The number of unbranched alkanes of at least 4 members (excludes halogenated alkanes) is 1. The molecule has 0 aliphatic carbocycles. The van der Waals surface area contributed by atoms with Gasteiger partial charge in [-0.15, -0.1) is 0 Å². The summed E-state index contributed by atoms with van der Waals surface area (Å²) in [5.74, 6) is 1.23. The highest BCUT2D eigenvalue weighted by atomic mass is 33.1. The Morgan fingerprint density at radius 1 is 1.38 bits per heavy atom. The largest absolute Gasteiger partial charge is 0.488 e. The molecule has 1 saturated heterocycles. The number of hydrogen-bond donors (Lipinski definition) is 3. The lowest BCUT2D eigenvalue weighted by Crippen LogP contribution is -2.30. The van der Waals surface area contributed by atoms with E-state index in [1.54, 1.807) is 24.3 Å². The van der Waals surface area contributed by atoms with E-state index in [0.29, 0.717) is 17.6 Å². The molecule has 1 aromatic carbocycles. The zero-order valence-electron chi connectivity index (χ0n) is 11.8. The molecule has 1 unspecified atom stereocenters. The monoisotopic (exact) mass is 325 g/mol. The predicted molar refractivity (Wildman–Crippen MR) is 91.8 cm³/mol. The molecule has 1 aliphatic heterocycles. The first-order valence-electron chi connectivity index (χ1n) is 7.19. The van der Waals surface area contributed by atoms with Crippen molar-refractivity contribution in [3.63, 3.8) is 0 Å². The van der Waals surface area contributed by atoms with Gasteiger partial charge in [0.05, 0.1) is 0 Å². The fourth-order valence-corrected chi connectivity index (χ4v) is 5.25. The van der Waals surface area contributed by atoms with Gasteiger partial charge in [-0.3, -0.25) is 4.79 Å². The van der Waals surface area contributed by atoms with Gasteiger partial charge in [-0.2, -0.15) is 0 Å². The normalized spacial score (nSPS) is 17.7. The summed E-state index contributed by atoms with van der Waals surface area (Å²) < 4.78 is 0. The summed E-state index contributed by atoms with van der Waals surface area (Å²) in [6.07, 6.45) is 4.97. The highest BCUT2D eigenvalue weighted by Gasteiger charge is 2.16. The first-order valence-corrected chi connectivity index (χ1v) is 9.57. The van der Waals surface area contributed by atoms with Gasteiger partial charge < -0.3 is 15.4 Å². The second-order valence-corrected chi connectivity index (χ2v) is 7.91. The summed E-state index contributed by atoms with van der Waals surface area (Å²) >= 11 is 0. The topological polar surface area (TPSA) is 69.6 Å². The summed E-state index contributed by atoms with van der Waals surface area (Å²) in [4.78, 5) is 11.8. The lowest BCUT2D eigenvalue weighted by molar-refractivity contribution is -0.116. The molecule has 2 rings (SSSR count). The molecule has 0 aromatic heterocycles. The van der Waals surface area contributed by atoms with E-state index in [9.17, 15) is 4.79 Å². The molecule has 1 heterocycles. The van der Waals surface area contributed by atoms with Crippen LogP contribution in [0.15, 0.2) is 24.3 Å². The van der Waals surface area contributed by atoms with E-state index >= 15 is 0 Å². The van der Waals surface area contributed by atoms with E-state index in [0.717, 1.165) is 18.1 Å². The quantitative estimate of drug-likeness (QED) is 0.406. The highest BCUT2D eigenvalue weighted by molar-refractivity contribution is 8.77. The molecule has 7 heteroatoms. The van der Waals surface area contributed by atoms with E-state index in [1.807, 2.05) is 21.6 Å². The lowest BCUT2D eigenvalue weighted by Gasteiger charge is -2.08. The van der Waals surface area contributed by atoms with E-state index in [4.69, 9.17) is 10.0 Å². The van der Waals surface area contributed by atoms with Gasteiger partial charge >= 0.3 is 7.12 Å². The Hall–Kier alpha value is -0.625. The Bertz CT molecular complexity index is 467. The number of hydrogen-bond acceptors (Lipinski definition) is 5. The Morgan fingerprint density at radius 3 is 2.95 bits per heavy atom. The van der Waals surface area contributed by atoms with Gasteiger partial charge in [-0.1, -0.05) is 40.1 Å². The number of anilines is 1. The lowest BCUT2D eigenvalue weighted by atomic mass is 9.80. The van der Waals surface area contributed by atoms with Crippen LogP contribution < -0.4 is 10.8 Å². The Morgan fingerprint density at radius 2 is 2.24 bits per heavy atom. The molecular weight excluding hydrogens is 305 g/mol. The molecule has 0 bridgehead atoms. The maximum Gasteiger partial charge on any atom is 0.488 e. The Labute approximate surface area is 133 Å². The van der Waals surface area contributed by atoms with Crippen LogP contribution >= 0.6 is 21.6 Å². The van der Waals surface area contributed by atoms with Gasteiger partial charge in [0.1, 0.15) is 0 Å². The summed E-state index contributed by atoms with van der Waals surface area (Å²) in [6.45, 7) is 0. The van der Waals surface area contributed by atoms with Crippen LogP contribution in [0.2, 0.25) is 0 Å². The first kappa shape index (κ1) is 16.7. The smallest absolute Gasteiger partial charge is 0.423 e. The zero-order chi connectivity index (χ0) is 15.1. The molecule has 0 saturated carbocycles. The maximum atomic E-state index is 11.8. The molecular formula is C14H20BNO3S2.